The molecule has 0 aromatic carbocycles. The molecule has 0 N–H and O–H groups in total. The van der Waals surface area contributed by atoms with Gasteiger partial charge in [-0.05, 0) is 24.6 Å². The van der Waals surface area contributed by atoms with Gasteiger partial charge < -0.3 is 0 Å². The highest BCUT2D eigenvalue weighted by Gasteiger charge is 2.06. The SMILES string of the molecule is CSc1nnc(C)c(=O)n1/N=C\c1cccs1. The van der Waals surface area contributed by atoms with Gasteiger partial charge in [-0.1, -0.05) is 17.8 Å². The van der Waals surface area contributed by atoms with Gasteiger partial charge >= 0.3 is 0 Å². The maximum atomic E-state index is 11.8. The molecule has 0 radical (unpaired) electrons. The quantitative estimate of drug-likeness (QED) is 0.625. The van der Waals surface area contributed by atoms with Crippen LogP contribution in [-0.4, -0.2) is 27.3 Å². The standard InChI is InChI=1S/C10H10N4OS2/c1-7-9(15)14(10(16-2)13-12-7)11-6-8-4-3-5-17-8/h3-6H,1-2H3/b11-6-. The predicted octanol–water partition coefficient (Wildman–Crippen LogP) is 1.61. The Hall–Kier alpha value is -1.47. The average molecular weight is 266 g/mol. The zero-order valence-corrected chi connectivity index (χ0v) is 11.0. The largest absolute Gasteiger partial charge is 0.296 e. The van der Waals surface area contributed by atoms with Gasteiger partial charge in [0.1, 0.15) is 5.69 Å². The molecule has 0 aliphatic rings. The van der Waals surface area contributed by atoms with Crippen LogP contribution < -0.4 is 5.56 Å². The second-order valence-electron chi connectivity index (χ2n) is 3.15. The Balaban J connectivity index is 2.44. The van der Waals surface area contributed by atoms with Crippen molar-refractivity contribution in [3.8, 4) is 0 Å². The summed E-state index contributed by atoms with van der Waals surface area (Å²) in [6, 6.07) is 3.86. The summed E-state index contributed by atoms with van der Waals surface area (Å²) in [6.45, 7) is 1.62. The molecule has 0 aliphatic heterocycles. The number of aryl methyl sites for hydroxylation is 1. The third-order valence-electron chi connectivity index (χ3n) is 1.99. The van der Waals surface area contributed by atoms with Crippen LogP contribution in [0.5, 0.6) is 0 Å². The Morgan fingerprint density at radius 2 is 2.35 bits per heavy atom. The fraction of sp³-hybridized carbons (Fsp3) is 0.200. The summed E-state index contributed by atoms with van der Waals surface area (Å²) in [5.41, 5.74) is 0.100. The molecule has 2 heterocycles. The van der Waals surface area contributed by atoms with Crippen LogP contribution in [0.3, 0.4) is 0 Å². The molecule has 2 rings (SSSR count). The van der Waals surface area contributed by atoms with Gasteiger partial charge in [0.05, 0.1) is 6.21 Å². The number of nitrogens with zero attached hydrogens (tertiary/aromatic N) is 4. The first-order valence-corrected chi connectivity index (χ1v) is 6.91. The lowest BCUT2D eigenvalue weighted by atomic mass is 10.5. The fourth-order valence-corrected chi connectivity index (χ4v) is 2.16. The van der Waals surface area contributed by atoms with E-state index in [-0.39, 0.29) is 5.56 Å². The molecule has 2 aromatic heterocycles. The van der Waals surface area contributed by atoms with Crippen molar-refractivity contribution in [1.82, 2.24) is 14.9 Å². The van der Waals surface area contributed by atoms with E-state index < -0.39 is 0 Å². The van der Waals surface area contributed by atoms with Crippen LogP contribution >= 0.6 is 23.1 Å². The number of hydrogen-bond acceptors (Lipinski definition) is 6. The van der Waals surface area contributed by atoms with Crippen molar-refractivity contribution in [3.05, 3.63) is 38.4 Å². The second kappa shape index (κ2) is 5.24. The zero-order chi connectivity index (χ0) is 12.3. The van der Waals surface area contributed by atoms with E-state index in [9.17, 15) is 4.79 Å². The van der Waals surface area contributed by atoms with Gasteiger partial charge in [-0.15, -0.1) is 21.5 Å². The smallest absolute Gasteiger partial charge is 0.265 e. The summed E-state index contributed by atoms with van der Waals surface area (Å²) < 4.78 is 1.27. The Morgan fingerprint density at radius 1 is 1.53 bits per heavy atom. The van der Waals surface area contributed by atoms with Gasteiger partial charge in [0.25, 0.3) is 5.56 Å². The van der Waals surface area contributed by atoms with Gasteiger partial charge in [0.2, 0.25) is 5.16 Å². The van der Waals surface area contributed by atoms with Gasteiger partial charge in [-0.25, -0.2) is 0 Å². The number of aromatic nitrogens is 3. The predicted molar refractivity (Wildman–Crippen MR) is 70.1 cm³/mol. The third-order valence-corrected chi connectivity index (χ3v) is 3.42. The van der Waals surface area contributed by atoms with Crippen molar-refractivity contribution >= 4 is 29.3 Å². The minimum Gasteiger partial charge on any atom is -0.265 e. The maximum absolute atomic E-state index is 11.8. The molecule has 0 saturated carbocycles. The normalized spacial score (nSPS) is 11.2. The van der Waals surface area contributed by atoms with Crippen LogP contribution in [0.1, 0.15) is 10.6 Å². The topological polar surface area (TPSA) is 60.1 Å². The lowest BCUT2D eigenvalue weighted by molar-refractivity contribution is 0.635. The Bertz CT molecular complexity index is 589. The highest BCUT2D eigenvalue weighted by atomic mass is 32.2. The molecule has 0 amide bonds. The third kappa shape index (κ3) is 2.62. The molecule has 0 fully saturated rings. The van der Waals surface area contributed by atoms with E-state index in [1.807, 2.05) is 23.8 Å². The van der Waals surface area contributed by atoms with Crippen LogP contribution in [0, 0.1) is 6.92 Å². The lowest BCUT2D eigenvalue weighted by Crippen LogP contribution is -2.23. The van der Waals surface area contributed by atoms with Gasteiger partial charge in [-0.2, -0.15) is 9.78 Å². The minimum atomic E-state index is -0.239. The molecular formula is C10H10N4OS2. The van der Waals surface area contributed by atoms with Crippen LogP contribution in [0.25, 0.3) is 0 Å². The first kappa shape index (κ1) is 12.0. The number of thiophene rings is 1. The lowest BCUT2D eigenvalue weighted by Gasteiger charge is -2.02. The van der Waals surface area contributed by atoms with E-state index >= 15 is 0 Å². The molecule has 7 heteroatoms. The molecule has 17 heavy (non-hydrogen) atoms. The number of hydrogen-bond donors (Lipinski definition) is 0. The monoisotopic (exact) mass is 266 g/mol. The minimum absolute atomic E-state index is 0.239. The van der Waals surface area contributed by atoms with Crippen molar-refractivity contribution < 1.29 is 0 Å². The Kier molecular flexibility index (Phi) is 3.70. The van der Waals surface area contributed by atoms with E-state index in [0.29, 0.717) is 10.9 Å². The molecule has 0 atom stereocenters. The highest BCUT2D eigenvalue weighted by Crippen LogP contribution is 2.09. The van der Waals surface area contributed by atoms with Crippen LogP contribution in [0.4, 0.5) is 0 Å². The Morgan fingerprint density at radius 3 is 3.00 bits per heavy atom. The zero-order valence-electron chi connectivity index (χ0n) is 9.32. The van der Waals surface area contributed by atoms with Gasteiger partial charge in [-0.3, -0.25) is 4.79 Å². The van der Waals surface area contributed by atoms with Crippen molar-refractivity contribution in [3.63, 3.8) is 0 Å². The van der Waals surface area contributed by atoms with Gasteiger partial charge in [0.15, 0.2) is 0 Å². The Labute approximate surface area is 106 Å². The van der Waals surface area contributed by atoms with Gasteiger partial charge in [0, 0.05) is 4.88 Å². The van der Waals surface area contributed by atoms with Crippen LogP contribution in [0.2, 0.25) is 0 Å². The molecule has 0 aliphatic carbocycles. The van der Waals surface area contributed by atoms with Crippen molar-refractivity contribution in [2.24, 2.45) is 5.10 Å². The molecular weight excluding hydrogens is 256 g/mol. The molecule has 0 unspecified atom stereocenters. The summed E-state index contributed by atoms with van der Waals surface area (Å²) in [4.78, 5) is 12.8. The molecule has 0 saturated heterocycles. The summed E-state index contributed by atoms with van der Waals surface area (Å²) in [7, 11) is 0. The first-order valence-electron chi connectivity index (χ1n) is 4.80. The summed E-state index contributed by atoms with van der Waals surface area (Å²) in [6.07, 6.45) is 3.48. The summed E-state index contributed by atoms with van der Waals surface area (Å²) in [5, 5.41) is 14.3. The van der Waals surface area contributed by atoms with E-state index in [1.165, 1.54) is 16.4 Å². The van der Waals surface area contributed by atoms with E-state index in [4.69, 9.17) is 0 Å². The molecule has 88 valence electrons. The molecule has 0 spiro atoms. The van der Waals surface area contributed by atoms with Crippen molar-refractivity contribution in [2.45, 2.75) is 12.1 Å². The van der Waals surface area contributed by atoms with E-state index in [2.05, 4.69) is 15.3 Å². The summed E-state index contributed by atoms with van der Waals surface area (Å²) in [5.74, 6) is 0. The van der Waals surface area contributed by atoms with Crippen LogP contribution in [-0.2, 0) is 0 Å². The van der Waals surface area contributed by atoms with E-state index in [0.717, 1.165) is 4.88 Å². The van der Waals surface area contributed by atoms with Crippen molar-refractivity contribution in [1.29, 1.82) is 0 Å². The highest BCUT2D eigenvalue weighted by molar-refractivity contribution is 7.98. The fourth-order valence-electron chi connectivity index (χ4n) is 1.15. The molecule has 2 aromatic rings. The summed E-state index contributed by atoms with van der Waals surface area (Å²) >= 11 is 2.89. The van der Waals surface area contributed by atoms with Crippen LogP contribution in [0.15, 0.2) is 32.6 Å². The second-order valence-corrected chi connectivity index (χ2v) is 4.90. The number of thioether (sulfide) groups is 1. The maximum Gasteiger partial charge on any atom is 0.296 e. The molecule has 5 nitrogen and oxygen atoms in total. The van der Waals surface area contributed by atoms with Crippen molar-refractivity contribution in [2.75, 3.05) is 6.26 Å². The first-order chi connectivity index (χ1) is 8.22. The number of rotatable bonds is 3. The van der Waals surface area contributed by atoms with E-state index in [1.54, 1.807) is 24.5 Å². The molecule has 0 bridgehead atoms. The average Bonchev–Trinajstić information content (AvgIpc) is 2.84.